The second-order valence-electron chi connectivity index (χ2n) is 4.23. The van der Waals surface area contributed by atoms with Crippen LogP contribution in [0.3, 0.4) is 0 Å². The lowest BCUT2D eigenvalue weighted by Gasteiger charge is -2.13. The number of carbonyl (C=O) groups is 3. The number of amides is 3. The van der Waals surface area contributed by atoms with Crippen LogP contribution in [0.5, 0.6) is 0 Å². The number of nitro benzene ring substituents is 1. The van der Waals surface area contributed by atoms with E-state index in [0.717, 1.165) is 4.90 Å². The molecular weight excluding hydrogens is 266 g/mol. The summed E-state index contributed by atoms with van der Waals surface area (Å²) in [6.07, 6.45) is 0.228. The van der Waals surface area contributed by atoms with Gasteiger partial charge in [0.2, 0.25) is 17.7 Å². The molecule has 1 aliphatic heterocycles. The molecule has 0 atom stereocenters. The lowest BCUT2D eigenvalue weighted by Crippen LogP contribution is -2.36. The third kappa shape index (κ3) is 2.97. The summed E-state index contributed by atoms with van der Waals surface area (Å²) in [5.74, 6) is -1.34. The molecule has 2 rings (SSSR count). The standard InChI is InChI=1S/C12H11N3O5/c16-10(7-14-11(17)4-5-12(14)18)13-8-2-1-3-9(6-8)15(19)20/h1-3,6H,4-5,7H2,(H,13,16). The van der Waals surface area contributed by atoms with Crippen molar-refractivity contribution in [2.45, 2.75) is 12.8 Å². The molecule has 1 aromatic rings. The molecule has 3 amide bonds. The first kappa shape index (κ1) is 13.7. The summed E-state index contributed by atoms with van der Waals surface area (Å²) in [5.41, 5.74) is 0.0828. The second-order valence-corrected chi connectivity index (χ2v) is 4.23. The Hall–Kier alpha value is -2.77. The smallest absolute Gasteiger partial charge is 0.271 e. The van der Waals surface area contributed by atoms with Gasteiger partial charge in [0.25, 0.3) is 5.69 Å². The quantitative estimate of drug-likeness (QED) is 0.494. The molecule has 20 heavy (non-hydrogen) atoms. The van der Waals surface area contributed by atoms with Crippen molar-refractivity contribution in [1.82, 2.24) is 4.90 Å². The van der Waals surface area contributed by atoms with Crippen molar-refractivity contribution in [2.24, 2.45) is 0 Å². The highest BCUT2D eigenvalue weighted by Gasteiger charge is 2.30. The Morgan fingerprint density at radius 1 is 1.30 bits per heavy atom. The maximum atomic E-state index is 11.7. The fourth-order valence-electron chi connectivity index (χ4n) is 1.84. The van der Waals surface area contributed by atoms with Crippen molar-refractivity contribution in [2.75, 3.05) is 11.9 Å². The van der Waals surface area contributed by atoms with E-state index >= 15 is 0 Å². The normalized spacial score (nSPS) is 14.5. The minimum Gasteiger partial charge on any atom is -0.324 e. The molecule has 1 N–H and O–H groups in total. The van der Waals surface area contributed by atoms with E-state index in [2.05, 4.69) is 5.32 Å². The first-order valence-corrected chi connectivity index (χ1v) is 5.85. The summed E-state index contributed by atoms with van der Waals surface area (Å²) >= 11 is 0. The van der Waals surface area contributed by atoms with Gasteiger partial charge in [-0.3, -0.25) is 29.4 Å². The van der Waals surface area contributed by atoms with Gasteiger partial charge in [0.1, 0.15) is 6.54 Å². The molecule has 1 aromatic carbocycles. The zero-order valence-electron chi connectivity index (χ0n) is 10.4. The first-order valence-electron chi connectivity index (χ1n) is 5.85. The predicted octanol–water partition coefficient (Wildman–Crippen LogP) is 0.682. The van der Waals surface area contributed by atoms with E-state index in [1.54, 1.807) is 0 Å². The van der Waals surface area contributed by atoms with Gasteiger partial charge < -0.3 is 5.32 Å². The molecule has 104 valence electrons. The summed E-state index contributed by atoms with van der Waals surface area (Å²) in [6.45, 7) is -0.375. The summed E-state index contributed by atoms with van der Waals surface area (Å²) < 4.78 is 0. The van der Waals surface area contributed by atoms with Gasteiger partial charge in [-0.15, -0.1) is 0 Å². The third-order valence-electron chi connectivity index (χ3n) is 2.80. The van der Waals surface area contributed by atoms with Crippen molar-refractivity contribution in [3.63, 3.8) is 0 Å². The van der Waals surface area contributed by atoms with Crippen LogP contribution in [-0.4, -0.2) is 34.1 Å². The monoisotopic (exact) mass is 277 g/mol. The van der Waals surface area contributed by atoms with Crippen LogP contribution in [0.2, 0.25) is 0 Å². The molecule has 0 radical (unpaired) electrons. The number of anilines is 1. The zero-order valence-corrected chi connectivity index (χ0v) is 10.4. The molecule has 1 aliphatic rings. The number of carbonyl (C=O) groups excluding carboxylic acids is 3. The number of nitrogens with one attached hydrogen (secondary N) is 1. The molecule has 0 saturated carbocycles. The number of non-ortho nitro benzene ring substituents is 1. The summed E-state index contributed by atoms with van der Waals surface area (Å²) in [7, 11) is 0. The molecule has 0 bridgehead atoms. The molecule has 1 saturated heterocycles. The van der Waals surface area contributed by atoms with Crippen LogP contribution in [0.15, 0.2) is 24.3 Å². The average molecular weight is 277 g/mol. The summed E-state index contributed by atoms with van der Waals surface area (Å²) in [6, 6.07) is 5.41. The van der Waals surface area contributed by atoms with Crippen molar-refractivity contribution in [3.8, 4) is 0 Å². The topological polar surface area (TPSA) is 110 Å². The largest absolute Gasteiger partial charge is 0.324 e. The van der Waals surface area contributed by atoms with Gasteiger partial charge in [0.15, 0.2) is 0 Å². The number of likely N-dealkylation sites (tertiary alicyclic amines) is 1. The van der Waals surface area contributed by atoms with Crippen molar-refractivity contribution < 1.29 is 19.3 Å². The van der Waals surface area contributed by atoms with Gasteiger partial charge in [-0.05, 0) is 6.07 Å². The molecular formula is C12H11N3O5. The van der Waals surface area contributed by atoms with E-state index in [1.807, 2.05) is 0 Å². The lowest BCUT2D eigenvalue weighted by molar-refractivity contribution is -0.384. The summed E-state index contributed by atoms with van der Waals surface area (Å²) in [5, 5.41) is 13.0. The lowest BCUT2D eigenvalue weighted by atomic mass is 10.3. The Labute approximate surface area is 113 Å². The number of imide groups is 1. The van der Waals surface area contributed by atoms with Crippen molar-refractivity contribution in [1.29, 1.82) is 0 Å². The Morgan fingerprint density at radius 3 is 2.55 bits per heavy atom. The molecule has 8 heteroatoms. The third-order valence-corrected chi connectivity index (χ3v) is 2.80. The van der Waals surface area contributed by atoms with Crippen LogP contribution in [0.4, 0.5) is 11.4 Å². The maximum Gasteiger partial charge on any atom is 0.271 e. The highest BCUT2D eigenvalue weighted by molar-refractivity contribution is 6.06. The molecule has 0 unspecified atom stereocenters. The van der Waals surface area contributed by atoms with Gasteiger partial charge in [-0.2, -0.15) is 0 Å². The van der Waals surface area contributed by atoms with Crippen LogP contribution < -0.4 is 5.32 Å². The molecule has 0 aliphatic carbocycles. The number of benzene rings is 1. The minimum atomic E-state index is -0.580. The fourth-order valence-corrected chi connectivity index (χ4v) is 1.84. The number of hydrogen-bond acceptors (Lipinski definition) is 5. The van der Waals surface area contributed by atoms with Gasteiger partial charge in [0, 0.05) is 30.7 Å². The van der Waals surface area contributed by atoms with Crippen LogP contribution in [0.1, 0.15) is 12.8 Å². The second kappa shape index (κ2) is 5.47. The van der Waals surface area contributed by atoms with Crippen molar-refractivity contribution in [3.05, 3.63) is 34.4 Å². The van der Waals surface area contributed by atoms with Crippen LogP contribution >= 0.6 is 0 Å². The van der Waals surface area contributed by atoms with E-state index < -0.39 is 10.8 Å². The van der Waals surface area contributed by atoms with Crippen LogP contribution in [-0.2, 0) is 14.4 Å². The highest BCUT2D eigenvalue weighted by Crippen LogP contribution is 2.17. The van der Waals surface area contributed by atoms with E-state index in [9.17, 15) is 24.5 Å². The first-order chi connectivity index (χ1) is 9.47. The van der Waals surface area contributed by atoms with Gasteiger partial charge in [0.05, 0.1) is 4.92 Å². The van der Waals surface area contributed by atoms with Gasteiger partial charge in [-0.1, -0.05) is 6.07 Å². The van der Waals surface area contributed by atoms with Gasteiger partial charge in [-0.25, -0.2) is 0 Å². The molecule has 0 spiro atoms. The minimum absolute atomic E-state index is 0.114. The van der Waals surface area contributed by atoms with E-state index in [-0.39, 0.29) is 42.6 Å². The Balaban J connectivity index is 2.01. The SMILES string of the molecule is O=C(CN1C(=O)CCC1=O)Nc1cccc([N+](=O)[O-])c1. The number of rotatable bonds is 4. The van der Waals surface area contributed by atoms with Crippen LogP contribution in [0.25, 0.3) is 0 Å². The van der Waals surface area contributed by atoms with E-state index in [0.29, 0.717) is 0 Å². The van der Waals surface area contributed by atoms with E-state index in [1.165, 1.54) is 24.3 Å². The zero-order chi connectivity index (χ0) is 14.7. The Bertz CT molecular complexity index is 583. The Morgan fingerprint density at radius 2 is 1.95 bits per heavy atom. The Kier molecular flexibility index (Phi) is 3.74. The number of nitrogens with zero attached hydrogens (tertiary/aromatic N) is 2. The predicted molar refractivity (Wildman–Crippen MR) is 67.7 cm³/mol. The van der Waals surface area contributed by atoms with Crippen LogP contribution in [0, 0.1) is 10.1 Å². The average Bonchev–Trinajstić information content (AvgIpc) is 2.71. The fraction of sp³-hybridized carbons (Fsp3) is 0.250. The van der Waals surface area contributed by atoms with E-state index in [4.69, 9.17) is 0 Å². The maximum absolute atomic E-state index is 11.7. The summed E-state index contributed by atoms with van der Waals surface area (Å²) in [4.78, 5) is 45.3. The highest BCUT2D eigenvalue weighted by atomic mass is 16.6. The van der Waals surface area contributed by atoms with Gasteiger partial charge >= 0.3 is 0 Å². The van der Waals surface area contributed by atoms with Crippen molar-refractivity contribution >= 4 is 29.1 Å². The molecule has 1 fully saturated rings. The number of hydrogen-bond donors (Lipinski definition) is 1. The molecule has 8 nitrogen and oxygen atoms in total. The molecule has 1 heterocycles. The number of nitro groups is 1. The molecule has 0 aromatic heterocycles.